The number of benzene rings is 2. The van der Waals surface area contributed by atoms with Crippen molar-refractivity contribution in [3.8, 4) is 5.75 Å². The number of hydrogen-bond acceptors (Lipinski definition) is 6. The van der Waals surface area contributed by atoms with Gasteiger partial charge in [-0.3, -0.25) is 4.79 Å². The van der Waals surface area contributed by atoms with E-state index in [1.807, 2.05) is 0 Å². The number of carbonyl (C=O) groups is 2. The van der Waals surface area contributed by atoms with Gasteiger partial charge in [0, 0.05) is 12.2 Å². The summed E-state index contributed by atoms with van der Waals surface area (Å²) in [6, 6.07) is 10.2. The highest BCUT2D eigenvalue weighted by atomic mass is 35.5. The van der Waals surface area contributed by atoms with Gasteiger partial charge in [-0.15, -0.1) is 0 Å². The van der Waals surface area contributed by atoms with Gasteiger partial charge in [-0.25, -0.2) is 13.2 Å². The van der Waals surface area contributed by atoms with Gasteiger partial charge in [0.25, 0.3) is 0 Å². The van der Waals surface area contributed by atoms with Crippen LogP contribution in [0.4, 0.5) is 5.69 Å². The molecule has 1 amide bonds. The molecule has 2 aromatic carbocycles. The van der Waals surface area contributed by atoms with Gasteiger partial charge in [0.05, 0.1) is 35.7 Å². The predicted octanol–water partition coefficient (Wildman–Crippen LogP) is 3.17. The van der Waals surface area contributed by atoms with Crippen LogP contribution >= 0.6 is 11.6 Å². The number of nitrogens with one attached hydrogen (secondary N) is 1. The molecule has 30 heavy (non-hydrogen) atoms. The summed E-state index contributed by atoms with van der Waals surface area (Å²) in [7, 11) is -2.51. The molecule has 0 spiro atoms. The summed E-state index contributed by atoms with van der Waals surface area (Å²) in [5.41, 5.74) is 0.776. The number of methoxy groups -OCH3 is 1. The number of likely N-dealkylation sites (N-methyl/N-ethyl adjacent to an activating group) is 1. The van der Waals surface area contributed by atoms with E-state index in [-0.39, 0.29) is 29.6 Å². The summed E-state index contributed by atoms with van der Waals surface area (Å²) in [6.45, 7) is 3.30. The van der Waals surface area contributed by atoms with Gasteiger partial charge in [0.2, 0.25) is 15.9 Å². The maximum atomic E-state index is 12.9. The molecule has 8 nitrogen and oxygen atoms in total. The molecule has 2 rings (SSSR count). The Morgan fingerprint density at radius 3 is 2.30 bits per heavy atom. The summed E-state index contributed by atoms with van der Waals surface area (Å²) in [5, 5.41) is 2.77. The Kier molecular flexibility index (Phi) is 8.22. The molecular weight excluding hydrogens is 432 g/mol. The van der Waals surface area contributed by atoms with Gasteiger partial charge in [-0.05, 0) is 49.4 Å². The third-order valence-corrected chi connectivity index (χ3v) is 6.33. The molecular formula is C20H23ClN2O6S. The Morgan fingerprint density at radius 2 is 1.77 bits per heavy atom. The van der Waals surface area contributed by atoms with Crippen molar-refractivity contribution in [3.05, 3.63) is 53.1 Å². The largest absolute Gasteiger partial charge is 0.495 e. The van der Waals surface area contributed by atoms with E-state index in [1.165, 1.54) is 49.6 Å². The second kappa shape index (κ2) is 10.4. The first-order chi connectivity index (χ1) is 14.2. The first kappa shape index (κ1) is 23.7. The molecule has 0 aliphatic carbocycles. The molecule has 2 aromatic rings. The smallest absolute Gasteiger partial charge is 0.338 e. The van der Waals surface area contributed by atoms with E-state index < -0.39 is 21.9 Å². The molecule has 0 heterocycles. The lowest BCUT2D eigenvalue weighted by atomic mass is 10.2. The van der Waals surface area contributed by atoms with Crippen molar-refractivity contribution in [2.24, 2.45) is 0 Å². The van der Waals surface area contributed by atoms with Gasteiger partial charge >= 0.3 is 5.97 Å². The molecule has 0 unspecified atom stereocenters. The number of hydrogen-bond donors (Lipinski definition) is 1. The maximum absolute atomic E-state index is 12.9. The fourth-order valence-corrected chi connectivity index (χ4v) is 4.34. The number of carbonyl (C=O) groups excluding carboxylic acids is 2. The number of ether oxygens (including phenoxy) is 2. The quantitative estimate of drug-likeness (QED) is 0.584. The van der Waals surface area contributed by atoms with Crippen LogP contribution in [-0.4, -0.2) is 51.4 Å². The van der Waals surface area contributed by atoms with Gasteiger partial charge < -0.3 is 14.8 Å². The molecule has 162 valence electrons. The fourth-order valence-electron chi connectivity index (χ4n) is 2.59. The van der Waals surface area contributed by atoms with Gasteiger partial charge in [0.15, 0.2) is 0 Å². The first-order valence-corrected chi connectivity index (χ1v) is 11.0. The van der Waals surface area contributed by atoms with Crippen molar-refractivity contribution in [1.29, 1.82) is 0 Å². The van der Waals surface area contributed by atoms with E-state index in [1.54, 1.807) is 13.8 Å². The Bertz CT molecular complexity index is 1010. The van der Waals surface area contributed by atoms with Crippen LogP contribution in [0.25, 0.3) is 0 Å². The highest BCUT2D eigenvalue weighted by Crippen LogP contribution is 2.28. The lowest BCUT2D eigenvalue weighted by molar-refractivity contribution is -0.116. The molecule has 0 saturated carbocycles. The number of rotatable bonds is 9. The van der Waals surface area contributed by atoms with E-state index in [0.717, 1.165) is 4.31 Å². The minimum atomic E-state index is -3.94. The molecule has 0 fully saturated rings. The molecule has 0 bridgehead atoms. The maximum Gasteiger partial charge on any atom is 0.338 e. The van der Waals surface area contributed by atoms with E-state index in [0.29, 0.717) is 17.0 Å². The molecule has 0 atom stereocenters. The molecule has 0 aromatic heterocycles. The zero-order valence-corrected chi connectivity index (χ0v) is 18.4. The molecule has 0 saturated heterocycles. The molecule has 10 heteroatoms. The summed E-state index contributed by atoms with van der Waals surface area (Å²) in [4.78, 5) is 24.0. The van der Waals surface area contributed by atoms with Crippen LogP contribution in [0.15, 0.2) is 47.4 Å². The summed E-state index contributed by atoms with van der Waals surface area (Å²) >= 11 is 6.03. The highest BCUT2D eigenvalue weighted by molar-refractivity contribution is 7.89. The Balaban J connectivity index is 2.10. The van der Waals surface area contributed by atoms with Crippen LogP contribution in [0.1, 0.15) is 24.2 Å². The lowest BCUT2D eigenvalue weighted by Crippen LogP contribution is -2.37. The van der Waals surface area contributed by atoms with Crippen molar-refractivity contribution >= 4 is 39.2 Å². The van der Waals surface area contributed by atoms with E-state index >= 15 is 0 Å². The Hall–Kier alpha value is -2.62. The van der Waals surface area contributed by atoms with Gasteiger partial charge in [-0.2, -0.15) is 4.31 Å². The number of sulfonamides is 1. The average molecular weight is 455 g/mol. The zero-order chi connectivity index (χ0) is 22.3. The minimum absolute atomic E-state index is 0.0401. The number of esters is 1. The molecule has 0 aliphatic heterocycles. The Labute approximate surface area is 180 Å². The number of amides is 1. The van der Waals surface area contributed by atoms with Crippen molar-refractivity contribution in [2.45, 2.75) is 18.7 Å². The van der Waals surface area contributed by atoms with Crippen molar-refractivity contribution in [2.75, 3.05) is 32.1 Å². The summed E-state index contributed by atoms with van der Waals surface area (Å²) < 4.78 is 36.7. The number of halogens is 1. The predicted molar refractivity (Wildman–Crippen MR) is 113 cm³/mol. The Morgan fingerprint density at radius 1 is 1.10 bits per heavy atom. The van der Waals surface area contributed by atoms with E-state index in [4.69, 9.17) is 21.1 Å². The summed E-state index contributed by atoms with van der Waals surface area (Å²) in [6.07, 6.45) is 0. The van der Waals surface area contributed by atoms with Gasteiger partial charge in [0.1, 0.15) is 5.75 Å². The van der Waals surface area contributed by atoms with Crippen LogP contribution in [-0.2, 0) is 19.6 Å². The second-order valence-electron chi connectivity index (χ2n) is 6.07. The second-order valence-corrected chi connectivity index (χ2v) is 8.42. The lowest BCUT2D eigenvalue weighted by Gasteiger charge is -2.20. The van der Waals surface area contributed by atoms with Crippen molar-refractivity contribution < 1.29 is 27.5 Å². The van der Waals surface area contributed by atoms with E-state index in [2.05, 4.69) is 5.32 Å². The number of anilines is 1. The highest BCUT2D eigenvalue weighted by Gasteiger charge is 2.26. The zero-order valence-electron chi connectivity index (χ0n) is 16.8. The molecule has 1 N–H and O–H groups in total. The van der Waals surface area contributed by atoms with Crippen LogP contribution in [0.2, 0.25) is 5.02 Å². The normalized spacial score (nSPS) is 11.2. The third-order valence-electron chi connectivity index (χ3n) is 4.11. The molecule has 0 aliphatic rings. The first-order valence-electron chi connectivity index (χ1n) is 9.13. The van der Waals surface area contributed by atoms with Crippen LogP contribution in [0.3, 0.4) is 0 Å². The van der Waals surface area contributed by atoms with Crippen molar-refractivity contribution in [1.82, 2.24) is 4.31 Å². The third kappa shape index (κ3) is 5.71. The molecule has 0 radical (unpaired) electrons. The minimum Gasteiger partial charge on any atom is -0.495 e. The van der Waals surface area contributed by atoms with Crippen LogP contribution in [0.5, 0.6) is 5.75 Å². The number of nitrogens with zero attached hydrogens (tertiary/aromatic N) is 1. The topological polar surface area (TPSA) is 102 Å². The van der Waals surface area contributed by atoms with Crippen molar-refractivity contribution in [3.63, 3.8) is 0 Å². The average Bonchev–Trinajstić information content (AvgIpc) is 2.72. The van der Waals surface area contributed by atoms with Crippen LogP contribution < -0.4 is 10.1 Å². The monoisotopic (exact) mass is 454 g/mol. The summed E-state index contributed by atoms with van der Waals surface area (Å²) in [5.74, 6) is -0.636. The van der Waals surface area contributed by atoms with Gasteiger partial charge in [-0.1, -0.05) is 18.5 Å². The standard InChI is InChI=1S/C20H23ClN2O6S/c1-4-23(30(26,27)16-10-11-18(28-3)17(21)12-16)13-19(24)22-15-8-6-14(7-9-15)20(25)29-5-2/h6-12H,4-5,13H2,1-3H3,(H,22,24). The SMILES string of the molecule is CCOC(=O)c1ccc(NC(=O)CN(CC)S(=O)(=O)c2ccc(OC)c(Cl)c2)cc1. The fraction of sp³-hybridized carbons (Fsp3) is 0.300. The van der Waals surface area contributed by atoms with E-state index in [9.17, 15) is 18.0 Å². The van der Waals surface area contributed by atoms with Crippen LogP contribution in [0, 0.1) is 0 Å².